The van der Waals surface area contributed by atoms with Gasteiger partial charge in [-0.3, -0.25) is 0 Å². The predicted octanol–water partition coefficient (Wildman–Crippen LogP) is 4.32. The molecule has 1 aliphatic heterocycles. The average Bonchev–Trinajstić information content (AvgIpc) is 2.56. The van der Waals surface area contributed by atoms with Crippen molar-refractivity contribution in [2.75, 3.05) is 19.7 Å². The zero-order valence-electron chi connectivity index (χ0n) is 13.3. The van der Waals surface area contributed by atoms with Crippen LogP contribution in [-0.4, -0.2) is 25.8 Å². The molecule has 6 heteroatoms. The lowest BCUT2D eigenvalue weighted by Crippen LogP contribution is -2.43. The summed E-state index contributed by atoms with van der Waals surface area (Å²) in [5.41, 5.74) is 2.16. The Morgan fingerprint density at radius 2 is 2.08 bits per heavy atom. The fourth-order valence-corrected chi connectivity index (χ4v) is 2.95. The highest BCUT2D eigenvalue weighted by atomic mass is 35.5. The zero-order chi connectivity index (χ0) is 16.2. The molecule has 0 aliphatic carbocycles. The first-order valence-electron chi connectivity index (χ1n) is 7.64. The summed E-state index contributed by atoms with van der Waals surface area (Å²) >= 11 is 6.12. The maximum absolute atomic E-state index is 13.3. The summed E-state index contributed by atoms with van der Waals surface area (Å²) in [4.78, 5) is 0. The van der Waals surface area contributed by atoms with Crippen LogP contribution in [0, 0.1) is 12.7 Å². The Kier molecular flexibility index (Phi) is 6.87. The number of nitrogens with one attached hydrogen (secondary N) is 1. The fraction of sp³-hybridized carbons (Fsp3) is 0.333. The summed E-state index contributed by atoms with van der Waals surface area (Å²) in [6.45, 7) is 4.19. The maximum atomic E-state index is 13.3. The number of morpholine rings is 1. The van der Waals surface area contributed by atoms with E-state index in [1.807, 2.05) is 31.2 Å². The summed E-state index contributed by atoms with van der Waals surface area (Å²) in [6.07, 6.45) is -0.446. The third kappa shape index (κ3) is 4.39. The molecule has 2 aromatic rings. The van der Waals surface area contributed by atoms with Crippen LogP contribution >= 0.6 is 24.0 Å². The maximum Gasteiger partial charge on any atom is 0.151 e. The van der Waals surface area contributed by atoms with Gasteiger partial charge in [-0.2, -0.15) is 0 Å². The molecule has 1 unspecified atom stereocenters. The van der Waals surface area contributed by atoms with Crippen LogP contribution in [0.5, 0.6) is 5.75 Å². The monoisotopic (exact) mass is 371 g/mol. The lowest BCUT2D eigenvalue weighted by atomic mass is 9.98. The Labute approximate surface area is 152 Å². The zero-order valence-corrected chi connectivity index (χ0v) is 14.9. The molecule has 1 aliphatic rings. The van der Waals surface area contributed by atoms with Gasteiger partial charge < -0.3 is 14.8 Å². The number of benzene rings is 2. The molecule has 0 radical (unpaired) electrons. The van der Waals surface area contributed by atoms with Gasteiger partial charge in [0, 0.05) is 13.1 Å². The molecule has 130 valence electrons. The van der Waals surface area contributed by atoms with E-state index >= 15 is 0 Å². The van der Waals surface area contributed by atoms with Crippen molar-refractivity contribution in [1.29, 1.82) is 0 Å². The molecule has 2 aromatic carbocycles. The minimum absolute atomic E-state index is 0. The van der Waals surface area contributed by atoms with Gasteiger partial charge in [-0.25, -0.2) is 4.39 Å². The second-order valence-electron chi connectivity index (χ2n) is 5.58. The van der Waals surface area contributed by atoms with Crippen LogP contribution in [0.3, 0.4) is 0 Å². The second-order valence-corrected chi connectivity index (χ2v) is 5.99. The van der Waals surface area contributed by atoms with Gasteiger partial charge in [0.05, 0.1) is 11.6 Å². The van der Waals surface area contributed by atoms with Crippen molar-refractivity contribution < 1.29 is 13.9 Å². The highest BCUT2D eigenvalue weighted by Gasteiger charge is 2.29. The molecule has 3 rings (SSSR count). The van der Waals surface area contributed by atoms with Crippen molar-refractivity contribution in [2.24, 2.45) is 0 Å². The molecule has 2 atom stereocenters. The molecule has 24 heavy (non-hydrogen) atoms. The van der Waals surface area contributed by atoms with Crippen molar-refractivity contribution >= 4 is 24.0 Å². The second kappa shape index (κ2) is 8.67. The van der Waals surface area contributed by atoms with Crippen LogP contribution in [0.4, 0.5) is 4.39 Å². The Morgan fingerprint density at radius 1 is 1.29 bits per heavy atom. The number of aryl methyl sites for hydroxylation is 1. The standard InChI is InChI=1S/C18H19ClFNO2.ClH/c1-12-4-2-3-5-14(12)18(17-11-21-8-9-22-17)23-16-7-6-13(20)10-15(16)19;/h2-7,10,17-18,21H,8-9,11H2,1H3;1H/t17-,18?;/m0./s1. The van der Waals surface area contributed by atoms with Crippen molar-refractivity contribution in [1.82, 2.24) is 5.32 Å². The first kappa shape index (κ1) is 19.0. The van der Waals surface area contributed by atoms with Crippen LogP contribution in [-0.2, 0) is 4.74 Å². The van der Waals surface area contributed by atoms with E-state index in [-0.39, 0.29) is 35.5 Å². The summed E-state index contributed by atoms with van der Waals surface area (Å²) in [7, 11) is 0. The van der Waals surface area contributed by atoms with Crippen LogP contribution in [0.15, 0.2) is 42.5 Å². The number of hydrogen-bond donors (Lipinski definition) is 1. The lowest BCUT2D eigenvalue weighted by Gasteiger charge is -2.32. The molecule has 0 saturated carbocycles. The SMILES string of the molecule is Cc1ccccc1C(Oc1ccc(F)cc1Cl)[C@@H]1CNCCO1.Cl. The molecule has 1 fully saturated rings. The Hall–Kier alpha value is -1.33. The molecular weight excluding hydrogens is 352 g/mol. The molecule has 1 saturated heterocycles. The number of hydrogen-bond acceptors (Lipinski definition) is 3. The summed E-state index contributed by atoms with van der Waals surface area (Å²) in [5, 5.41) is 3.57. The molecule has 1 N–H and O–H groups in total. The van der Waals surface area contributed by atoms with Gasteiger partial charge >= 0.3 is 0 Å². The van der Waals surface area contributed by atoms with Crippen LogP contribution < -0.4 is 10.1 Å². The first-order chi connectivity index (χ1) is 11.1. The molecule has 0 spiro atoms. The van der Waals surface area contributed by atoms with E-state index < -0.39 is 0 Å². The summed E-state index contributed by atoms with van der Waals surface area (Å²) < 4.78 is 25.3. The number of halogens is 3. The third-order valence-electron chi connectivity index (χ3n) is 3.94. The molecule has 0 bridgehead atoms. The van der Waals surface area contributed by atoms with Crippen LogP contribution in [0.1, 0.15) is 17.2 Å². The van der Waals surface area contributed by atoms with E-state index in [0.717, 1.165) is 17.7 Å². The Balaban J connectivity index is 0.00000208. The van der Waals surface area contributed by atoms with Gasteiger partial charge in [-0.05, 0) is 36.2 Å². The van der Waals surface area contributed by atoms with Gasteiger partial charge in [0.15, 0.2) is 6.10 Å². The minimum atomic E-state index is -0.384. The Morgan fingerprint density at radius 3 is 2.75 bits per heavy atom. The third-order valence-corrected chi connectivity index (χ3v) is 4.23. The van der Waals surface area contributed by atoms with Crippen LogP contribution in [0.25, 0.3) is 0 Å². The van der Waals surface area contributed by atoms with Gasteiger partial charge in [0.2, 0.25) is 0 Å². The fourth-order valence-electron chi connectivity index (χ4n) is 2.73. The number of ether oxygens (including phenoxy) is 2. The van der Waals surface area contributed by atoms with Crippen molar-refractivity contribution in [3.05, 3.63) is 64.4 Å². The average molecular weight is 372 g/mol. The summed E-state index contributed by atoms with van der Waals surface area (Å²) in [5.74, 6) is 0.0702. The van der Waals surface area contributed by atoms with E-state index in [1.165, 1.54) is 12.1 Å². The minimum Gasteiger partial charge on any atom is -0.481 e. The predicted molar refractivity (Wildman–Crippen MR) is 95.8 cm³/mol. The topological polar surface area (TPSA) is 30.5 Å². The first-order valence-corrected chi connectivity index (χ1v) is 8.02. The van der Waals surface area contributed by atoms with Crippen LogP contribution in [0.2, 0.25) is 5.02 Å². The van der Waals surface area contributed by atoms with E-state index in [1.54, 1.807) is 6.07 Å². The number of rotatable bonds is 4. The highest BCUT2D eigenvalue weighted by Crippen LogP contribution is 2.33. The van der Waals surface area contributed by atoms with Gasteiger partial charge in [-0.15, -0.1) is 12.4 Å². The van der Waals surface area contributed by atoms with E-state index in [2.05, 4.69) is 5.32 Å². The van der Waals surface area contributed by atoms with E-state index in [4.69, 9.17) is 21.1 Å². The summed E-state index contributed by atoms with van der Waals surface area (Å²) in [6, 6.07) is 12.2. The van der Waals surface area contributed by atoms with Gasteiger partial charge in [-0.1, -0.05) is 35.9 Å². The van der Waals surface area contributed by atoms with Gasteiger partial charge in [0.25, 0.3) is 0 Å². The molecule has 3 nitrogen and oxygen atoms in total. The van der Waals surface area contributed by atoms with Crippen molar-refractivity contribution in [3.8, 4) is 5.75 Å². The van der Waals surface area contributed by atoms with Crippen molar-refractivity contribution in [3.63, 3.8) is 0 Å². The molecule has 0 aromatic heterocycles. The Bertz CT molecular complexity index is 678. The van der Waals surface area contributed by atoms with Gasteiger partial charge in [0.1, 0.15) is 17.7 Å². The lowest BCUT2D eigenvalue weighted by molar-refractivity contribution is -0.0434. The molecular formula is C18H20Cl2FNO2. The van der Waals surface area contributed by atoms with E-state index in [9.17, 15) is 4.39 Å². The van der Waals surface area contributed by atoms with E-state index in [0.29, 0.717) is 18.9 Å². The molecule has 0 amide bonds. The highest BCUT2D eigenvalue weighted by molar-refractivity contribution is 6.32. The normalized spacial score (nSPS) is 18.5. The quantitative estimate of drug-likeness (QED) is 0.867. The largest absolute Gasteiger partial charge is 0.481 e. The smallest absolute Gasteiger partial charge is 0.151 e. The molecule has 1 heterocycles. The van der Waals surface area contributed by atoms with Crippen molar-refractivity contribution in [2.45, 2.75) is 19.1 Å².